The number of amides is 3. The van der Waals surface area contributed by atoms with Crippen molar-refractivity contribution in [1.82, 2.24) is 10.2 Å². The highest BCUT2D eigenvalue weighted by Gasteiger charge is 2.44. The van der Waals surface area contributed by atoms with Crippen LogP contribution in [-0.2, 0) is 14.3 Å². The van der Waals surface area contributed by atoms with Crippen molar-refractivity contribution >= 4 is 35.2 Å². The normalized spacial score (nSPS) is 15.0. The van der Waals surface area contributed by atoms with Crippen LogP contribution in [-0.4, -0.2) is 40.5 Å². The molecule has 3 rings (SSSR count). The largest absolute Gasteiger partial charge is 0.444 e. The first-order valence-corrected chi connectivity index (χ1v) is 13.6. The van der Waals surface area contributed by atoms with Gasteiger partial charge in [-0.25, -0.2) is 4.79 Å². The van der Waals surface area contributed by atoms with E-state index in [0.29, 0.717) is 22.7 Å². The Labute approximate surface area is 231 Å². The third kappa shape index (κ3) is 7.97. The number of nitrogens with one attached hydrogen (secondary N) is 2. The molecule has 0 spiro atoms. The van der Waals surface area contributed by atoms with Gasteiger partial charge in [-0.15, -0.1) is 0 Å². The molecule has 1 fully saturated rings. The molecule has 8 heteroatoms. The molecule has 1 saturated carbocycles. The summed E-state index contributed by atoms with van der Waals surface area (Å²) >= 11 is 6.42. The minimum absolute atomic E-state index is 0.109. The second-order valence-corrected chi connectivity index (χ2v) is 11.9. The molecule has 2 unspecified atom stereocenters. The van der Waals surface area contributed by atoms with Crippen LogP contribution in [0.5, 0.6) is 0 Å². The summed E-state index contributed by atoms with van der Waals surface area (Å²) in [5, 5.41) is 6.19. The number of carbonyl (C=O) groups is 3. The van der Waals surface area contributed by atoms with Crippen molar-refractivity contribution in [3.8, 4) is 0 Å². The molecule has 7 nitrogen and oxygen atoms in total. The molecule has 2 aromatic rings. The predicted octanol–water partition coefficient (Wildman–Crippen LogP) is 6.57. The average molecular weight is 542 g/mol. The molecule has 0 aliphatic heterocycles. The van der Waals surface area contributed by atoms with Crippen molar-refractivity contribution in [2.75, 3.05) is 5.32 Å². The number of hydrogen-bond donors (Lipinski definition) is 2. The lowest BCUT2D eigenvalue weighted by atomic mass is 9.98. The van der Waals surface area contributed by atoms with Crippen LogP contribution in [0.4, 0.5) is 10.5 Å². The summed E-state index contributed by atoms with van der Waals surface area (Å²) in [6, 6.07) is 11.2. The Morgan fingerprint density at radius 2 is 1.68 bits per heavy atom. The van der Waals surface area contributed by atoms with E-state index in [9.17, 15) is 14.4 Å². The number of rotatable bonds is 9. The molecule has 0 aromatic heterocycles. The fraction of sp³-hybridized carbons (Fsp3) is 0.500. The number of para-hydroxylation sites is 1. The zero-order valence-corrected chi connectivity index (χ0v) is 24.2. The number of carbonyl (C=O) groups excluding carboxylic acids is 3. The number of benzene rings is 2. The number of halogens is 1. The fourth-order valence-electron chi connectivity index (χ4n) is 4.36. The van der Waals surface area contributed by atoms with E-state index in [0.717, 1.165) is 24.0 Å². The smallest absolute Gasteiger partial charge is 0.408 e. The Hall–Kier alpha value is -3.06. The van der Waals surface area contributed by atoms with Crippen LogP contribution >= 0.6 is 11.6 Å². The Morgan fingerprint density at radius 1 is 1.05 bits per heavy atom. The number of anilines is 1. The van der Waals surface area contributed by atoms with Crippen molar-refractivity contribution in [3.63, 3.8) is 0 Å². The lowest BCUT2D eigenvalue weighted by Crippen LogP contribution is -2.53. The maximum atomic E-state index is 14.2. The van der Waals surface area contributed by atoms with Crippen LogP contribution in [0.2, 0.25) is 5.02 Å². The summed E-state index contributed by atoms with van der Waals surface area (Å²) in [6.07, 6.45) is 1.32. The fourth-order valence-corrected chi connectivity index (χ4v) is 4.63. The first-order chi connectivity index (χ1) is 17.8. The summed E-state index contributed by atoms with van der Waals surface area (Å²) in [7, 11) is 0. The minimum Gasteiger partial charge on any atom is -0.444 e. The van der Waals surface area contributed by atoms with E-state index in [4.69, 9.17) is 16.3 Å². The van der Waals surface area contributed by atoms with Crippen molar-refractivity contribution in [2.24, 2.45) is 5.92 Å². The van der Waals surface area contributed by atoms with Gasteiger partial charge >= 0.3 is 6.09 Å². The summed E-state index contributed by atoms with van der Waals surface area (Å²) in [4.78, 5) is 42.5. The number of alkyl carbamates (subject to hydrolysis) is 1. The first-order valence-electron chi connectivity index (χ1n) is 13.2. The molecule has 206 valence electrons. The molecule has 2 aromatic carbocycles. The van der Waals surface area contributed by atoms with Crippen molar-refractivity contribution in [2.45, 2.75) is 91.5 Å². The maximum absolute atomic E-state index is 14.2. The lowest BCUT2D eigenvalue weighted by molar-refractivity contribution is -0.141. The van der Waals surface area contributed by atoms with Gasteiger partial charge < -0.3 is 20.3 Å². The van der Waals surface area contributed by atoms with E-state index in [2.05, 4.69) is 10.6 Å². The van der Waals surface area contributed by atoms with Gasteiger partial charge in [-0.2, -0.15) is 0 Å². The van der Waals surface area contributed by atoms with Crippen molar-refractivity contribution in [1.29, 1.82) is 0 Å². The molecule has 2 atom stereocenters. The van der Waals surface area contributed by atoms with Gasteiger partial charge in [0.2, 0.25) is 5.91 Å². The van der Waals surface area contributed by atoms with Crippen LogP contribution in [0, 0.1) is 19.8 Å². The molecule has 1 aliphatic rings. The van der Waals surface area contributed by atoms with Crippen LogP contribution in [0.3, 0.4) is 0 Å². The molecule has 3 amide bonds. The van der Waals surface area contributed by atoms with E-state index < -0.39 is 23.8 Å². The molecule has 1 aliphatic carbocycles. The summed E-state index contributed by atoms with van der Waals surface area (Å²) in [5.74, 6) is -0.535. The molecular weight excluding hydrogens is 502 g/mol. The Balaban J connectivity index is 2.01. The van der Waals surface area contributed by atoms with Gasteiger partial charge in [0, 0.05) is 6.04 Å². The van der Waals surface area contributed by atoms with Gasteiger partial charge in [0.15, 0.2) is 0 Å². The molecule has 0 bridgehead atoms. The highest BCUT2D eigenvalue weighted by molar-refractivity contribution is 6.34. The molecule has 0 radical (unpaired) electrons. The maximum Gasteiger partial charge on any atom is 0.408 e. The van der Waals surface area contributed by atoms with Gasteiger partial charge in [-0.1, -0.05) is 67.4 Å². The van der Waals surface area contributed by atoms with Crippen LogP contribution in [0.25, 0.3) is 0 Å². The molecular formula is C30H40ClN3O4. The number of ether oxygens (including phenoxy) is 1. The quantitative estimate of drug-likeness (QED) is 0.376. The zero-order valence-electron chi connectivity index (χ0n) is 23.4. The molecule has 2 N–H and O–H groups in total. The second-order valence-electron chi connectivity index (χ2n) is 11.5. The Bertz CT molecular complexity index is 1130. The lowest BCUT2D eigenvalue weighted by Gasteiger charge is -2.35. The number of aryl methyl sites for hydroxylation is 2. The average Bonchev–Trinajstić information content (AvgIpc) is 3.63. The number of nitrogens with zero attached hydrogens (tertiary/aromatic N) is 1. The summed E-state index contributed by atoms with van der Waals surface area (Å²) < 4.78 is 5.45. The predicted molar refractivity (Wildman–Crippen MR) is 151 cm³/mol. The summed E-state index contributed by atoms with van der Waals surface area (Å²) in [6.45, 7) is 13.1. The van der Waals surface area contributed by atoms with Crippen molar-refractivity contribution < 1.29 is 19.1 Å². The van der Waals surface area contributed by atoms with E-state index in [1.54, 1.807) is 31.7 Å². The van der Waals surface area contributed by atoms with Gasteiger partial charge in [-0.05, 0) is 77.0 Å². The minimum atomic E-state index is -0.902. The van der Waals surface area contributed by atoms with E-state index in [1.807, 2.05) is 64.1 Å². The Morgan fingerprint density at radius 3 is 2.21 bits per heavy atom. The van der Waals surface area contributed by atoms with E-state index in [1.165, 1.54) is 0 Å². The monoisotopic (exact) mass is 541 g/mol. The van der Waals surface area contributed by atoms with Gasteiger partial charge in [0.25, 0.3) is 5.91 Å². The standard InChI is InChI=1S/C30H40ClN3O4/c1-18(2)17-24(32-29(37)38-30(5,6)7)28(36)34(22-15-16-22)26(21-13-11-19(3)12-14-21)27(35)33-25-20(4)9-8-10-23(25)31/h8-14,18,22,24,26H,15-17H2,1-7H3,(H,32,37)(H,33,35). The number of hydrogen-bond acceptors (Lipinski definition) is 4. The van der Waals surface area contributed by atoms with Crippen LogP contribution in [0.15, 0.2) is 42.5 Å². The highest BCUT2D eigenvalue weighted by Crippen LogP contribution is 2.37. The first kappa shape index (κ1) is 29.5. The summed E-state index contributed by atoms with van der Waals surface area (Å²) in [5.41, 5.74) is 2.37. The van der Waals surface area contributed by atoms with Crippen molar-refractivity contribution in [3.05, 3.63) is 64.2 Å². The molecule has 0 heterocycles. The molecule has 0 saturated heterocycles. The SMILES string of the molecule is Cc1ccc(C(C(=O)Nc2c(C)cccc2Cl)N(C(=O)C(CC(C)C)NC(=O)OC(C)(C)C)C2CC2)cc1. The zero-order chi connectivity index (χ0) is 28.2. The van der Waals surface area contributed by atoms with E-state index >= 15 is 0 Å². The Kier molecular flexibility index (Phi) is 9.47. The second kappa shape index (κ2) is 12.2. The van der Waals surface area contributed by atoms with E-state index in [-0.39, 0.29) is 23.8 Å². The van der Waals surface area contributed by atoms with Crippen LogP contribution in [0.1, 0.15) is 76.6 Å². The van der Waals surface area contributed by atoms with Crippen LogP contribution < -0.4 is 10.6 Å². The van der Waals surface area contributed by atoms with Gasteiger partial charge in [-0.3, -0.25) is 9.59 Å². The van der Waals surface area contributed by atoms with Gasteiger partial charge in [0.05, 0.1) is 10.7 Å². The third-order valence-electron chi connectivity index (χ3n) is 6.28. The molecule has 38 heavy (non-hydrogen) atoms. The van der Waals surface area contributed by atoms with Gasteiger partial charge in [0.1, 0.15) is 17.7 Å². The third-order valence-corrected chi connectivity index (χ3v) is 6.60. The highest BCUT2D eigenvalue weighted by atomic mass is 35.5. The topological polar surface area (TPSA) is 87.7 Å².